The summed E-state index contributed by atoms with van der Waals surface area (Å²) in [5.41, 5.74) is 5.39. The maximum atomic E-state index is 5.84. The Morgan fingerprint density at radius 2 is 1.22 bits per heavy atom. The van der Waals surface area contributed by atoms with Crippen molar-refractivity contribution < 1.29 is 9.47 Å². The highest BCUT2D eigenvalue weighted by Gasteiger charge is 2.19. The lowest BCUT2D eigenvalue weighted by atomic mass is 10.1. The van der Waals surface area contributed by atoms with Gasteiger partial charge in [0.15, 0.2) is 0 Å². The first-order valence-electron chi connectivity index (χ1n) is 8.83. The minimum Gasteiger partial charge on any atom is -0.494 e. The van der Waals surface area contributed by atoms with Crippen molar-refractivity contribution in [2.75, 3.05) is 13.2 Å². The number of unbranched alkanes of at least 4 members (excludes halogenated alkanes) is 2. The van der Waals surface area contributed by atoms with Crippen LogP contribution in [0.4, 0.5) is 0 Å². The SMILES string of the molecule is CCCCOc1ccc2c(c1)Cc1cc(OCCCC)ccc1-2. The van der Waals surface area contributed by atoms with Crippen molar-refractivity contribution in [2.45, 2.75) is 46.0 Å². The monoisotopic (exact) mass is 310 g/mol. The molecule has 0 aromatic heterocycles. The fourth-order valence-corrected chi connectivity index (χ4v) is 3.01. The van der Waals surface area contributed by atoms with Gasteiger partial charge in [0.1, 0.15) is 11.5 Å². The average molecular weight is 310 g/mol. The van der Waals surface area contributed by atoms with Crippen molar-refractivity contribution in [3.63, 3.8) is 0 Å². The number of rotatable bonds is 8. The predicted molar refractivity (Wildman–Crippen MR) is 95.5 cm³/mol. The van der Waals surface area contributed by atoms with Crippen LogP contribution in [-0.2, 0) is 6.42 Å². The molecule has 3 rings (SSSR count). The van der Waals surface area contributed by atoms with Gasteiger partial charge in [-0.25, -0.2) is 0 Å². The van der Waals surface area contributed by atoms with E-state index in [1.54, 1.807) is 0 Å². The van der Waals surface area contributed by atoms with E-state index in [0.717, 1.165) is 56.8 Å². The molecule has 122 valence electrons. The summed E-state index contributed by atoms with van der Waals surface area (Å²) in [6.45, 7) is 5.97. The summed E-state index contributed by atoms with van der Waals surface area (Å²) in [6.07, 6.45) is 5.51. The highest BCUT2D eigenvalue weighted by Crippen LogP contribution is 2.39. The van der Waals surface area contributed by atoms with Crippen molar-refractivity contribution in [2.24, 2.45) is 0 Å². The molecule has 2 heteroatoms. The molecular weight excluding hydrogens is 284 g/mol. The normalized spacial score (nSPS) is 11.9. The number of fused-ring (bicyclic) bond motifs is 3. The average Bonchev–Trinajstić information content (AvgIpc) is 2.92. The van der Waals surface area contributed by atoms with Crippen molar-refractivity contribution in [1.29, 1.82) is 0 Å². The molecule has 0 saturated heterocycles. The van der Waals surface area contributed by atoms with E-state index in [2.05, 4.69) is 50.2 Å². The molecule has 2 aromatic rings. The first-order chi connectivity index (χ1) is 11.3. The molecule has 0 N–H and O–H groups in total. The molecule has 0 saturated carbocycles. The van der Waals surface area contributed by atoms with E-state index in [4.69, 9.17) is 9.47 Å². The third kappa shape index (κ3) is 3.69. The first kappa shape index (κ1) is 15.9. The molecule has 0 spiro atoms. The number of benzene rings is 2. The lowest BCUT2D eigenvalue weighted by molar-refractivity contribution is 0.309. The van der Waals surface area contributed by atoms with E-state index < -0.39 is 0 Å². The van der Waals surface area contributed by atoms with Gasteiger partial charge in [-0.3, -0.25) is 0 Å². The fraction of sp³-hybridized carbons (Fsp3) is 0.429. The molecule has 23 heavy (non-hydrogen) atoms. The van der Waals surface area contributed by atoms with Crippen molar-refractivity contribution in [3.8, 4) is 22.6 Å². The second-order valence-electron chi connectivity index (χ2n) is 6.22. The van der Waals surface area contributed by atoms with Gasteiger partial charge in [-0.2, -0.15) is 0 Å². The largest absolute Gasteiger partial charge is 0.494 e. The zero-order chi connectivity index (χ0) is 16.1. The van der Waals surface area contributed by atoms with Crippen molar-refractivity contribution in [3.05, 3.63) is 47.5 Å². The summed E-state index contributed by atoms with van der Waals surface area (Å²) in [6, 6.07) is 13.0. The fourth-order valence-electron chi connectivity index (χ4n) is 3.01. The Kier molecular flexibility index (Phi) is 5.22. The Hall–Kier alpha value is -1.96. The van der Waals surface area contributed by atoms with E-state index in [-0.39, 0.29) is 0 Å². The van der Waals surface area contributed by atoms with Gasteiger partial charge < -0.3 is 9.47 Å². The lowest BCUT2D eigenvalue weighted by Crippen LogP contribution is -1.97. The molecule has 0 unspecified atom stereocenters. The minimum atomic E-state index is 0.803. The van der Waals surface area contributed by atoms with Crippen LogP contribution < -0.4 is 9.47 Å². The first-order valence-corrected chi connectivity index (χ1v) is 8.83. The molecule has 2 nitrogen and oxygen atoms in total. The Labute approximate surface area is 139 Å². The Bertz CT molecular complexity index is 603. The number of ether oxygens (including phenoxy) is 2. The number of hydrogen-bond acceptors (Lipinski definition) is 2. The van der Waals surface area contributed by atoms with E-state index >= 15 is 0 Å². The van der Waals surface area contributed by atoms with E-state index in [1.807, 2.05) is 0 Å². The van der Waals surface area contributed by atoms with Crippen LogP contribution in [-0.4, -0.2) is 13.2 Å². The highest BCUT2D eigenvalue weighted by molar-refractivity contribution is 5.78. The van der Waals surface area contributed by atoms with Crippen LogP contribution in [0.15, 0.2) is 36.4 Å². The summed E-state index contributed by atoms with van der Waals surface area (Å²) < 4.78 is 11.7. The molecule has 1 aliphatic carbocycles. The van der Waals surface area contributed by atoms with E-state index in [9.17, 15) is 0 Å². The smallest absolute Gasteiger partial charge is 0.119 e. The molecule has 0 heterocycles. The van der Waals surface area contributed by atoms with Crippen LogP contribution in [0, 0.1) is 0 Å². The van der Waals surface area contributed by atoms with Gasteiger partial charge in [0.05, 0.1) is 13.2 Å². The molecule has 0 atom stereocenters. The summed E-state index contributed by atoms with van der Waals surface area (Å²) in [5, 5.41) is 0. The molecule has 0 fully saturated rings. The minimum absolute atomic E-state index is 0.803. The standard InChI is InChI=1S/C21H26O2/c1-3-5-11-22-18-7-9-20-16(14-18)13-17-15-19(8-10-21(17)20)23-12-6-4-2/h7-10,14-15H,3-6,11-13H2,1-2H3. The molecule has 0 radical (unpaired) electrons. The highest BCUT2D eigenvalue weighted by atomic mass is 16.5. The zero-order valence-corrected chi connectivity index (χ0v) is 14.2. The quantitative estimate of drug-likeness (QED) is 0.503. The Morgan fingerprint density at radius 1 is 0.739 bits per heavy atom. The van der Waals surface area contributed by atoms with Gasteiger partial charge >= 0.3 is 0 Å². The zero-order valence-electron chi connectivity index (χ0n) is 14.2. The Morgan fingerprint density at radius 3 is 1.65 bits per heavy atom. The second-order valence-corrected chi connectivity index (χ2v) is 6.22. The van der Waals surface area contributed by atoms with Gasteiger partial charge in [0.25, 0.3) is 0 Å². The molecule has 0 amide bonds. The molecule has 2 aromatic carbocycles. The van der Waals surface area contributed by atoms with Gasteiger partial charge in [-0.15, -0.1) is 0 Å². The maximum Gasteiger partial charge on any atom is 0.119 e. The van der Waals surface area contributed by atoms with Gasteiger partial charge in [-0.1, -0.05) is 38.8 Å². The van der Waals surface area contributed by atoms with Crippen LogP contribution in [0.1, 0.15) is 50.7 Å². The number of hydrogen-bond donors (Lipinski definition) is 0. The summed E-state index contributed by atoms with van der Waals surface area (Å²) in [5.74, 6) is 1.98. The molecule has 0 bridgehead atoms. The molecular formula is C21H26O2. The van der Waals surface area contributed by atoms with Crippen molar-refractivity contribution >= 4 is 0 Å². The van der Waals surface area contributed by atoms with Gasteiger partial charge in [-0.05, 0) is 65.8 Å². The van der Waals surface area contributed by atoms with Gasteiger partial charge in [0, 0.05) is 0 Å². The van der Waals surface area contributed by atoms with Crippen LogP contribution >= 0.6 is 0 Å². The molecule has 0 aliphatic heterocycles. The summed E-state index contributed by atoms with van der Waals surface area (Å²) in [7, 11) is 0. The van der Waals surface area contributed by atoms with Crippen LogP contribution in [0.2, 0.25) is 0 Å². The third-order valence-corrected chi connectivity index (χ3v) is 4.36. The lowest BCUT2D eigenvalue weighted by Gasteiger charge is -2.08. The summed E-state index contributed by atoms with van der Waals surface area (Å²) >= 11 is 0. The van der Waals surface area contributed by atoms with Crippen molar-refractivity contribution in [1.82, 2.24) is 0 Å². The van der Waals surface area contributed by atoms with Crippen LogP contribution in [0.3, 0.4) is 0 Å². The molecule has 1 aliphatic rings. The third-order valence-electron chi connectivity index (χ3n) is 4.36. The predicted octanol–water partition coefficient (Wildman–Crippen LogP) is 5.62. The van der Waals surface area contributed by atoms with E-state index in [0.29, 0.717) is 0 Å². The maximum absolute atomic E-state index is 5.84. The van der Waals surface area contributed by atoms with Crippen LogP contribution in [0.25, 0.3) is 11.1 Å². The summed E-state index contributed by atoms with van der Waals surface area (Å²) in [4.78, 5) is 0. The Balaban J connectivity index is 1.72. The topological polar surface area (TPSA) is 18.5 Å². The second kappa shape index (κ2) is 7.54. The van der Waals surface area contributed by atoms with Gasteiger partial charge in [0.2, 0.25) is 0 Å². The van der Waals surface area contributed by atoms with Crippen LogP contribution in [0.5, 0.6) is 11.5 Å². The van der Waals surface area contributed by atoms with E-state index in [1.165, 1.54) is 22.3 Å².